The molecular weight excluding hydrogens is 408 g/mol. The smallest absolute Gasteiger partial charge is 0.186 e. The van der Waals surface area contributed by atoms with Gasteiger partial charge in [-0.15, -0.1) is 0 Å². The van der Waals surface area contributed by atoms with Crippen LogP contribution >= 0.6 is 0 Å². The maximum Gasteiger partial charge on any atom is 0.186 e. The molecule has 3 rings (SSSR count). The Morgan fingerprint density at radius 3 is 2.16 bits per heavy atom. The molecule has 1 saturated carbocycles. The normalized spacial score (nSPS) is 54.0. The number of hydrogen-bond acceptors (Lipinski definition) is 10. The van der Waals surface area contributed by atoms with Gasteiger partial charge in [0.25, 0.3) is 0 Å². The first kappa shape index (κ1) is 25.2. The highest BCUT2D eigenvalue weighted by atomic mass is 16.7. The molecule has 182 valence electrons. The highest BCUT2D eigenvalue weighted by Gasteiger charge is 2.51. The summed E-state index contributed by atoms with van der Waals surface area (Å²) in [6, 6.07) is -1.05. The summed E-state index contributed by atoms with van der Waals surface area (Å²) < 4.78 is 17.8. The van der Waals surface area contributed by atoms with E-state index >= 15 is 0 Å². The average Bonchev–Trinajstić information content (AvgIpc) is 2.72. The van der Waals surface area contributed by atoms with Crippen LogP contribution in [0.4, 0.5) is 0 Å². The minimum atomic E-state index is -1.31. The van der Waals surface area contributed by atoms with Crippen LogP contribution in [0.5, 0.6) is 0 Å². The molecule has 3 aliphatic rings. The number of nitrogens with two attached hydrogens (primary N) is 2. The molecule has 0 spiro atoms. The Hall–Kier alpha value is -0.400. The van der Waals surface area contributed by atoms with Crippen molar-refractivity contribution in [1.82, 2.24) is 0 Å². The van der Waals surface area contributed by atoms with Crippen molar-refractivity contribution in [3.05, 3.63) is 0 Å². The molecule has 0 aromatic heterocycles. The Morgan fingerprint density at radius 1 is 0.871 bits per heavy atom. The summed E-state index contributed by atoms with van der Waals surface area (Å²) >= 11 is 0. The fraction of sp³-hybridized carbons (Fsp3) is 1.00. The van der Waals surface area contributed by atoms with E-state index in [-0.39, 0.29) is 36.3 Å². The van der Waals surface area contributed by atoms with Crippen LogP contribution in [-0.4, -0.2) is 99.8 Å². The van der Waals surface area contributed by atoms with Crippen LogP contribution in [0.25, 0.3) is 0 Å². The van der Waals surface area contributed by atoms with Gasteiger partial charge in [-0.2, -0.15) is 0 Å². The molecule has 14 unspecified atom stereocenters. The molecule has 2 saturated heterocycles. The third kappa shape index (κ3) is 4.93. The predicted octanol–water partition coefficient (Wildman–Crippen LogP) is -2.10. The Kier molecular flexibility index (Phi) is 8.34. The molecule has 9 N–H and O–H groups in total. The van der Waals surface area contributed by atoms with Gasteiger partial charge in [-0.25, -0.2) is 0 Å². The molecule has 0 aromatic carbocycles. The second kappa shape index (κ2) is 10.3. The monoisotopic (exact) mass is 448 g/mol. The maximum absolute atomic E-state index is 11.4. The summed E-state index contributed by atoms with van der Waals surface area (Å²) in [5, 5.41) is 51.6. The molecule has 2 heterocycles. The quantitative estimate of drug-likeness (QED) is 0.246. The lowest BCUT2D eigenvalue weighted by Crippen LogP contribution is -2.64. The van der Waals surface area contributed by atoms with Crippen LogP contribution in [0.15, 0.2) is 0 Å². The van der Waals surface area contributed by atoms with Crippen LogP contribution in [0.3, 0.4) is 0 Å². The minimum absolute atomic E-state index is 0.0211. The fourth-order valence-electron chi connectivity index (χ4n) is 5.66. The summed E-state index contributed by atoms with van der Waals surface area (Å²) in [5.41, 5.74) is 11.7. The zero-order valence-electron chi connectivity index (χ0n) is 18.5. The average molecular weight is 449 g/mol. The summed E-state index contributed by atoms with van der Waals surface area (Å²) in [6.07, 6.45) is -6.39. The summed E-state index contributed by atoms with van der Waals surface area (Å²) in [5.74, 6) is -0.140. The largest absolute Gasteiger partial charge is 0.394 e. The standard InChI is InChI=1S/C21H40N2O8/c1-8-4-9(2)20(31-21-18(28)15(23)16(26)13(7-24)30-21)17(27)14(8)19-10(3)5-11(25)12(6-22)29-19/h8-21,24-28H,4-7,22-23H2,1-3H3. The zero-order chi connectivity index (χ0) is 23.0. The number of aliphatic hydroxyl groups excluding tert-OH is 5. The molecule has 3 fully saturated rings. The first-order chi connectivity index (χ1) is 14.6. The van der Waals surface area contributed by atoms with Gasteiger partial charge in [-0.1, -0.05) is 20.8 Å². The number of aliphatic hydroxyl groups is 5. The summed E-state index contributed by atoms with van der Waals surface area (Å²) in [7, 11) is 0. The van der Waals surface area contributed by atoms with Gasteiger partial charge >= 0.3 is 0 Å². The Morgan fingerprint density at radius 2 is 1.55 bits per heavy atom. The van der Waals surface area contributed by atoms with Crippen molar-refractivity contribution in [2.75, 3.05) is 13.2 Å². The molecule has 1 aliphatic carbocycles. The van der Waals surface area contributed by atoms with Gasteiger partial charge in [-0.3, -0.25) is 0 Å². The predicted molar refractivity (Wildman–Crippen MR) is 111 cm³/mol. The van der Waals surface area contributed by atoms with Crippen LogP contribution in [0.2, 0.25) is 0 Å². The van der Waals surface area contributed by atoms with E-state index in [0.717, 1.165) is 6.42 Å². The van der Waals surface area contributed by atoms with E-state index in [1.165, 1.54) is 0 Å². The van der Waals surface area contributed by atoms with Crippen LogP contribution < -0.4 is 11.5 Å². The highest BCUT2D eigenvalue weighted by Crippen LogP contribution is 2.43. The zero-order valence-corrected chi connectivity index (χ0v) is 18.5. The van der Waals surface area contributed by atoms with Crippen molar-refractivity contribution in [3.8, 4) is 0 Å². The van der Waals surface area contributed by atoms with Crippen LogP contribution in [0, 0.1) is 23.7 Å². The Balaban J connectivity index is 1.77. The first-order valence-corrected chi connectivity index (χ1v) is 11.4. The minimum Gasteiger partial charge on any atom is -0.394 e. The SMILES string of the molecule is CC1CC(C)C(C2OC(CN)C(O)CC2C)C(O)C1OC1OC(CO)C(O)C(N)C1O. The van der Waals surface area contributed by atoms with Gasteiger partial charge < -0.3 is 51.2 Å². The molecule has 2 aliphatic heterocycles. The van der Waals surface area contributed by atoms with Crippen LogP contribution in [0.1, 0.15) is 33.6 Å². The molecule has 14 atom stereocenters. The van der Waals surface area contributed by atoms with E-state index < -0.39 is 61.7 Å². The van der Waals surface area contributed by atoms with Gasteiger partial charge in [0, 0.05) is 12.5 Å². The van der Waals surface area contributed by atoms with E-state index in [1.54, 1.807) is 0 Å². The molecule has 10 heteroatoms. The third-order valence-corrected chi connectivity index (χ3v) is 7.47. The van der Waals surface area contributed by atoms with E-state index in [1.807, 2.05) is 13.8 Å². The van der Waals surface area contributed by atoms with Gasteiger partial charge in [0.15, 0.2) is 6.29 Å². The molecule has 0 aromatic rings. The van der Waals surface area contributed by atoms with Gasteiger partial charge in [0.05, 0.1) is 43.2 Å². The molecule has 0 amide bonds. The van der Waals surface area contributed by atoms with Crippen molar-refractivity contribution in [3.63, 3.8) is 0 Å². The van der Waals surface area contributed by atoms with Gasteiger partial charge in [-0.05, 0) is 30.6 Å². The number of rotatable bonds is 5. The maximum atomic E-state index is 11.4. The molecule has 0 bridgehead atoms. The van der Waals surface area contributed by atoms with Crippen molar-refractivity contribution in [2.24, 2.45) is 35.1 Å². The van der Waals surface area contributed by atoms with E-state index in [0.29, 0.717) is 6.42 Å². The van der Waals surface area contributed by atoms with Crippen molar-refractivity contribution in [1.29, 1.82) is 0 Å². The lowest BCUT2D eigenvalue weighted by Gasteiger charge is -2.51. The van der Waals surface area contributed by atoms with Gasteiger partial charge in [0.2, 0.25) is 0 Å². The second-order valence-corrected chi connectivity index (χ2v) is 9.80. The second-order valence-electron chi connectivity index (χ2n) is 9.80. The lowest BCUT2D eigenvalue weighted by atomic mass is 9.66. The van der Waals surface area contributed by atoms with Crippen molar-refractivity contribution < 1.29 is 39.7 Å². The first-order valence-electron chi connectivity index (χ1n) is 11.4. The molecule has 31 heavy (non-hydrogen) atoms. The molecule has 0 radical (unpaired) electrons. The van der Waals surface area contributed by atoms with Crippen LogP contribution in [-0.2, 0) is 14.2 Å². The topological polar surface area (TPSA) is 181 Å². The highest BCUT2D eigenvalue weighted by molar-refractivity contribution is 4.99. The lowest BCUT2D eigenvalue weighted by molar-refractivity contribution is -0.312. The summed E-state index contributed by atoms with van der Waals surface area (Å²) in [4.78, 5) is 0. The van der Waals surface area contributed by atoms with E-state index in [2.05, 4.69) is 6.92 Å². The Labute approximate surface area is 183 Å². The Bertz CT molecular complexity index is 584. The van der Waals surface area contributed by atoms with Gasteiger partial charge in [0.1, 0.15) is 18.3 Å². The summed E-state index contributed by atoms with van der Waals surface area (Å²) in [6.45, 7) is 5.75. The van der Waals surface area contributed by atoms with E-state index in [4.69, 9.17) is 25.7 Å². The number of ether oxygens (including phenoxy) is 3. The molecular formula is C21H40N2O8. The molecule has 10 nitrogen and oxygen atoms in total. The van der Waals surface area contributed by atoms with E-state index in [9.17, 15) is 25.5 Å². The number of hydrogen-bond donors (Lipinski definition) is 7. The van der Waals surface area contributed by atoms with Crippen molar-refractivity contribution >= 4 is 0 Å². The van der Waals surface area contributed by atoms with Crippen molar-refractivity contribution in [2.45, 2.75) is 94.8 Å². The fourth-order valence-corrected chi connectivity index (χ4v) is 5.66. The third-order valence-electron chi connectivity index (χ3n) is 7.47.